The van der Waals surface area contributed by atoms with Crippen molar-refractivity contribution < 1.29 is 4.79 Å². The van der Waals surface area contributed by atoms with Crippen LogP contribution in [0.3, 0.4) is 0 Å². The summed E-state index contributed by atoms with van der Waals surface area (Å²) >= 11 is 2.01. The van der Waals surface area contributed by atoms with Crippen LogP contribution >= 0.6 is 11.8 Å². The molecule has 0 aromatic heterocycles. The lowest BCUT2D eigenvalue weighted by Crippen LogP contribution is -2.34. The van der Waals surface area contributed by atoms with Gasteiger partial charge < -0.3 is 4.90 Å². The molecular weight excluding hydrogens is 244 g/mol. The van der Waals surface area contributed by atoms with E-state index in [1.807, 2.05) is 34.9 Å². The van der Waals surface area contributed by atoms with Crippen molar-refractivity contribution in [3.05, 3.63) is 35.9 Å². The molecule has 4 heteroatoms. The summed E-state index contributed by atoms with van der Waals surface area (Å²) in [6, 6.07) is 10.3. The molecule has 2 fully saturated rings. The minimum Gasteiger partial charge on any atom is -0.322 e. The van der Waals surface area contributed by atoms with Gasteiger partial charge in [0.2, 0.25) is 5.91 Å². The van der Waals surface area contributed by atoms with E-state index < -0.39 is 0 Å². The van der Waals surface area contributed by atoms with Crippen molar-refractivity contribution in [2.24, 2.45) is 5.92 Å². The van der Waals surface area contributed by atoms with Gasteiger partial charge in [0.15, 0.2) is 0 Å². The fourth-order valence-electron chi connectivity index (χ4n) is 2.69. The van der Waals surface area contributed by atoms with E-state index in [2.05, 4.69) is 17.4 Å². The van der Waals surface area contributed by atoms with Crippen LogP contribution in [0, 0.1) is 5.92 Å². The van der Waals surface area contributed by atoms with Crippen LogP contribution in [0.5, 0.6) is 0 Å². The van der Waals surface area contributed by atoms with Gasteiger partial charge in [-0.15, -0.1) is 0 Å². The van der Waals surface area contributed by atoms with Gasteiger partial charge in [-0.2, -0.15) is 11.8 Å². The van der Waals surface area contributed by atoms with Crippen molar-refractivity contribution in [3.8, 4) is 0 Å². The molecule has 0 bridgehead atoms. The Balaban J connectivity index is 1.74. The summed E-state index contributed by atoms with van der Waals surface area (Å²) in [5, 5.41) is 3.32. The Labute approximate surface area is 112 Å². The molecule has 2 heterocycles. The van der Waals surface area contributed by atoms with Crippen LogP contribution in [-0.4, -0.2) is 35.4 Å². The average Bonchev–Trinajstić information content (AvgIpc) is 3.03. The first kappa shape index (κ1) is 12.1. The van der Waals surface area contributed by atoms with Gasteiger partial charge in [-0.05, 0) is 29.4 Å². The van der Waals surface area contributed by atoms with E-state index in [4.69, 9.17) is 0 Å². The Bertz CT molecular complexity index is 417. The molecule has 0 radical (unpaired) electrons. The molecule has 2 atom stereocenters. The number of hydrogen-bond acceptors (Lipinski definition) is 3. The van der Waals surface area contributed by atoms with Gasteiger partial charge in [0, 0.05) is 6.54 Å². The Morgan fingerprint density at radius 3 is 2.89 bits per heavy atom. The molecule has 2 aliphatic heterocycles. The molecule has 96 valence electrons. The number of hydrogen-bond donors (Lipinski definition) is 1. The van der Waals surface area contributed by atoms with E-state index >= 15 is 0 Å². The fourth-order valence-corrected chi connectivity index (χ4v) is 3.96. The monoisotopic (exact) mass is 262 g/mol. The Morgan fingerprint density at radius 1 is 1.33 bits per heavy atom. The molecule has 0 spiro atoms. The maximum atomic E-state index is 12.0. The minimum absolute atomic E-state index is 0.0734. The van der Waals surface area contributed by atoms with Crippen molar-refractivity contribution in [1.29, 1.82) is 0 Å². The molecule has 1 N–H and O–H groups in total. The summed E-state index contributed by atoms with van der Waals surface area (Å²) < 4.78 is 0. The highest BCUT2D eigenvalue weighted by atomic mass is 32.2. The normalized spacial score (nSPS) is 28.0. The van der Waals surface area contributed by atoms with Gasteiger partial charge in [-0.3, -0.25) is 10.1 Å². The van der Waals surface area contributed by atoms with Gasteiger partial charge >= 0.3 is 0 Å². The first-order valence-electron chi connectivity index (χ1n) is 6.50. The number of nitrogens with zero attached hydrogens (tertiary/aromatic N) is 1. The van der Waals surface area contributed by atoms with Gasteiger partial charge in [-0.1, -0.05) is 30.3 Å². The predicted octanol–water partition coefficient (Wildman–Crippen LogP) is 1.87. The largest absolute Gasteiger partial charge is 0.322 e. The Morgan fingerprint density at radius 2 is 2.17 bits per heavy atom. The number of amides is 1. The van der Waals surface area contributed by atoms with Crippen molar-refractivity contribution in [2.45, 2.75) is 12.6 Å². The molecular formula is C14H18N2OS. The van der Waals surface area contributed by atoms with Crippen LogP contribution in [0.25, 0.3) is 0 Å². The standard InChI is InChI=1S/C14H18N2OS/c17-13-8-15-14(12-4-2-1-3-5-12)16(13)9-11-6-7-18-10-11/h1-5,11,14-15H,6-10H2. The van der Waals surface area contributed by atoms with Crippen LogP contribution in [-0.2, 0) is 4.79 Å². The molecule has 18 heavy (non-hydrogen) atoms. The zero-order valence-electron chi connectivity index (χ0n) is 10.3. The molecule has 3 nitrogen and oxygen atoms in total. The first-order chi connectivity index (χ1) is 8.84. The Kier molecular flexibility index (Phi) is 3.57. The highest BCUT2D eigenvalue weighted by Gasteiger charge is 2.33. The van der Waals surface area contributed by atoms with E-state index in [9.17, 15) is 4.79 Å². The number of benzene rings is 1. The number of carbonyl (C=O) groups excluding carboxylic acids is 1. The zero-order valence-corrected chi connectivity index (χ0v) is 11.2. The lowest BCUT2D eigenvalue weighted by Gasteiger charge is -2.27. The smallest absolute Gasteiger partial charge is 0.238 e. The minimum atomic E-state index is 0.0734. The summed E-state index contributed by atoms with van der Waals surface area (Å²) in [6.07, 6.45) is 1.32. The highest BCUT2D eigenvalue weighted by molar-refractivity contribution is 7.99. The van der Waals surface area contributed by atoms with Gasteiger partial charge in [0.1, 0.15) is 6.17 Å². The quantitative estimate of drug-likeness (QED) is 0.902. The maximum absolute atomic E-state index is 12.0. The molecule has 1 aromatic carbocycles. The highest BCUT2D eigenvalue weighted by Crippen LogP contribution is 2.29. The summed E-state index contributed by atoms with van der Waals surface area (Å²) in [5.74, 6) is 3.35. The summed E-state index contributed by atoms with van der Waals surface area (Å²) in [4.78, 5) is 14.0. The van der Waals surface area contributed by atoms with Crippen molar-refractivity contribution in [2.75, 3.05) is 24.6 Å². The van der Waals surface area contributed by atoms with E-state index in [-0.39, 0.29) is 12.1 Å². The van der Waals surface area contributed by atoms with Crippen molar-refractivity contribution >= 4 is 17.7 Å². The topological polar surface area (TPSA) is 32.3 Å². The third-order valence-corrected chi connectivity index (χ3v) is 4.90. The van der Waals surface area contributed by atoms with Crippen LogP contribution in [0.1, 0.15) is 18.2 Å². The van der Waals surface area contributed by atoms with E-state index in [1.165, 1.54) is 23.5 Å². The number of nitrogens with one attached hydrogen (secondary N) is 1. The molecule has 0 saturated carbocycles. The second-order valence-electron chi connectivity index (χ2n) is 4.97. The molecule has 2 aliphatic rings. The molecule has 3 rings (SSSR count). The number of carbonyl (C=O) groups is 1. The lowest BCUT2D eigenvalue weighted by molar-refractivity contribution is -0.128. The van der Waals surface area contributed by atoms with Crippen LogP contribution in [0.4, 0.5) is 0 Å². The van der Waals surface area contributed by atoms with E-state index in [0.29, 0.717) is 12.5 Å². The van der Waals surface area contributed by atoms with Crippen molar-refractivity contribution in [1.82, 2.24) is 10.2 Å². The molecule has 2 saturated heterocycles. The van der Waals surface area contributed by atoms with E-state index in [1.54, 1.807) is 0 Å². The lowest BCUT2D eigenvalue weighted by atomic mass is 10.1. The number of rotatable bonds is 3. The Hall–Kier alpha value is -1.000. The second kappa shape index (κ2) is 5.33. The molecule has 1 aromatic rings. The molecule has 0 aliphatic carbocycles. The maximum Gasteiger partial charge on any atom is 0.238 e. The summed E-state index contributed by atoms with van der Waals surface area (Å²) in [5.41, 5.74) is 1.19. The van der Waals surface area contributed by atoms with Crippen LogP contribution < -0.4 is 5.32 Å². The van der Waals surface area contributed by atoms with Crippen LogP contribution in [0.15, 0.2) is 30.3 Å². The third kappa shape index (κ3) is 2.40. The summed E-state index contributed by atoms with van der Waals surface area (Å²) in [7, 11) is 0. The third-order valence-electron chi connectivity index (χ3n) is 3.67. The zero-order chi connectivity index (χ0) is 12.4. The second-order valence-corrected chi connectivity index (χ2v) is 6.12. The fraction of sp³-hybridized carbons (Fsp3) is 0.500. The SMILES string of the molecule is O=C1CNC(c2ccccc2)N1CC1CCSC1. The van der Waals surface area contributed by atoms with Gasteiger partial charge in [-0.25, -0.2) is 0 Å². The van der Waals surface area contributed by atoms with Crippen molar-refractivity contribution in [3.63, 3.8) is 0 Å². The first-order valence-corrected chi connectivity index (χ1v) is 7.65. The van der Waals surface area contributed by atoms with Crippen LogP contribution in [0.2, 0.25) is 0 Å². The number of thioether (sulfide) groups is 1. The predicted molar refractivity (Wildman–Crippen MR) is 74.3 cm³/mol. The van der Waals surface area contributed by atoms with Gasteiger partial charge in [0.25, 0.3) is 0 Å². The molecule has 1 amide bonds. The average molecular weight is 262 g/mol. The van der Waals surface area contributed by atoms with Gasteiger partial charge in [0.05, 0.1) is 6.54 Å². The summed E-state index contributed by atoms with van der Waals surface area (Å²) in [6.45, 7) is 1.37. The van der Waals surface area contributed by atoms with E-state index in [0.717, 1.165) is 6.54 Å². The molecule has 2 unspecified atom stereocenters.